The number of hydrogen-bond donors (Lipinski definition) is 1. The molecule has 0 saturated carbocycles. The van der Waals surface area contributed by atoms with Gasteiger partial charge < -0.3 is 15.0 Å². The molecule has 8 heteroatoms. The van der Waals surface area contributed by atoms with Gasteiger partial charge in [-0.3, -0.25) is 9.59 Å². The first-order chi connectivity index (χ1) is 16.5. The van der Waals surface area contributed by atoms with Gasteiger partial charge in [-0.1, -0.05) is 35.9 Å². The van der Waals surface area contributed by atoms with Crippen LogP contribution >= 0.6 is 11.6 Å². The Balaban J connectivity index is 1.53. The molecular weight excluding hydrogens is 472 g/mol. The Morgan fingerprint density at radius 3 is 2.65 bits per heavy atom. The van der Waals surface area contributed by atoms with E-state index in [9.17, 15) is 13.8 Å². The number of fused-ring (bicyclic) bond motifs is 2. The van der Waals surface area contributed by atoms with E-state index >= 15 is 0 Å². The number of anilines is 1. The summed E-state index contributed by atoms with van der Waals surface area (Å²) in [4.78, 5) is 29.1. The fraction of sp³-hybridized carbons (Fsp3) is 0.231. The predicted molar refractivity (Wildman–Crippen MR) is 131 cm³/mol. The van der Waals surface area contributed by atoms with Crippen LogP contribution in [0.1, 0.15) is 39.1 Å². The van der Waals surface area contributed by atoms with Gasteiger partial charge in [-0.05, 0) is 60.9 Å². The molecule has 6 nitrogen and oxygen atoms in total. The molecule has 2 atom stereocenters. The largest absolute Gasteiger partial charge is 0.376 e. The van der Waals surface area contributed by atoms with Crippen LogP contribution in [0.4, 0.5) is 5.69 Å². The highest BCUT2D eigenvalue weighted by Gasteiger charge is 2.31. The van der Waals surface area contributed by atoms with Crippen molar-refractivity contribution in [3.63, 3.8) is 0 Å². The summed E-state index contributed by atoms with van der Waals surface area (Å²) in [6, 6.07) is 19.1. The Bertz CT molecular complexity index is 1270. The summed E-state index contributed by atoms with van der Waals surface area (Å²) in [6.07, 6.45) is 1.94. The molecule has 0 aliphatic carbocycles. The zero-order valence-electron chi connectivity index (χ0n) is 18.3. The van der Waals surface area contributed by atoms with Crippen LogP contribution in [0.3, 0.4) is 0 Å². The summed E-state index contributed by atoms with van der Waals surface area (Å²) in [6.45, 7) is 1.39. The Morgan fingerprint density at radius 1 is 1.09 bits per heavy atom. The maximum absolute atomic E-state index is 13.6. The molecule has 3 aromatic carbocycles. The van der Waals surface area contributed by atoms with Crippen molar-refractivity contribution in [1.82, 2.24) is 5.32 Å². The highest BCUT2D eigenvalue weighted by Crippen LogP contribution is 2.36. The molecule has 3 aromatic rings. The van der Waals surface area contributed by atoms with Crippen LogP contribution < -0.4 is 10.2 Å². The summed E-state index contributed by atoms with van der Waals surface area (Å²) < 4.78 is 19.1. The monoisotopic (exact) mass is 494 g/mol. The average molecular weight is 495 g/mol. The van der Waals surface area contributed by atoms with Crippen molar-refractivity contribution in [3.8, 4) is 0 Å². The smallest absolute Gasteiger partial charge is 0.259 e. The predicted octanol–water partition coefficient (Wildman–Crippen LogP) is 4.58. The van der Waals surface area contributed by atoms with E-state index in [1.165, 1.54) is 0 Å². The lowest BCUT2D eigenvalue weighted by molar-refractivity contribution is 0.0857. The van der Waals surface area contributed by atoms with Crippen molar-refractivity contribution in [2.75, 3.05) is 18.1 Å². The number of nitrogens with zero attached hydrogens (tertiary/aromatic N) is 1. The van der Waals surface area contributed by atoms with Gasteiger partial charge in [-0.15, -0.1) is 0 Å². The quantitative estimate of drug-likeness (QED) is 0.563. The molecule has 2 aliphatic rings. The summed E-state index contributed by atoms with van der Waals surface area (Å²) in [7, 11) is -1.57. The molecule has 1 fully saturated rings. The van der Waals surface area contributed by atoms with Crippen molar-refractivity contribution in [2.45, 2.75) is 35.3 Å². The maximum Gasteiger partial charge on any atom is 0.259 e. The number of amides is 2. The summed E-state index contributed by atoms with van der Waals surface area (Å²) in [5, 5.41) is 3.52. The van der Waals surface area contributed by atoms with Gasteiger partial charge in [0, 0.05) is 23.7 Å². The van der Waals surface area contributed by atoms with E-state index in [-0.39, 0.29) is 24.5 Å². The van der Waals surface area contributed by atoms with Crippen molar-refractivity contribution >= 4 is 39.9 Å². The van der Waals surface area contributed by atoms with Crippen molar-refractivity contribution < 1.29 is 18.5 Å². The highest BCUT2D eigenvalue weighted by molar-refractivity contribution is 7.85. The third-order valence-corrected chi connectivity index (χ3v) is 7.79. The SMILES string of the molecule is O=C(NC[C@@H]1CCCO1)c1ccc2c(c1)N(Cc1ccc(Cl)cc1)C(=O)c1ccccc1[S@@]2=O. The first-order valence-corrected chi connectivity index (χ1v) is 12.6. The number of hydrogen-bond acceptors (Lipinski definition) is 4. The first-order valence-electron chi connectivity index (χ1n) is 11.1. The lowest BCUT2D eigenvalue weighted by Crippen LogP contribution is -2.33. The van der Waals surface area contributed by atoms with Gasteiger partial charge in [-0.2, -0.15) is 0 Å². The van der Waals surface area contributed by atoms with Crippen LogP contribution in [0.2, 0.25) is 5.02 Å². The van der Waals surface area contributed by atoms with E-state index in [0.29, 0.717) is 44.8 Å². The van der Waals surface area contributed by atoms with Gasteiger partial charge in [0.1, 0.15) is 0 Å². The Labute approximate surface area is 205 Å². The molecule has 2 heterocycles. The molecule has 34 heavy (non-hydrogen) atoms. The van der Waals surface area contributed by atoms with E-state index in [1.807, 2.05) is 12.1 Å². The number of carbonyl (C=O) groups is 2. The molecule has 5 rings (SSSR count). The number of nitrogens with one attached hydrogen (secondary N) is 1. The second-order valence-electron chi connectivity index (χ2n) is 8.31. The number of halogens is 1. The fourth-order valence-corrected chi connectivity index (χ4v) is 5.72. The zero-order valence-corrected chi connectivity index (χ0v) is 19.9. The van der Waals surface area contributed by atoms with Crippen LogP contribution in [0.15, 0.2) is 76.5 Å². The molecule has 0 radical (unpaired) electrons. The third kappa shape index (κ3) is 4.51. The minimum Gasteiger partial charge on any atom is -0.376 e. The van der Waals surface area contributed by atoms with E-state index in [0.717, 1.165) is 18.4 Å². The molecule has 174 valence electrons. The summed E-state index contributed by atoms with van der Waals surface area (Å²) >= 11 is 6.03. The van der Waals surface area contributed by atoms with Crippen LogP contribution in [0, 0.1) is 0 Å². The molecule has 2 aliphatic heterocycles. The molecular formula is C26H23ClN2O4S. The fourth-order valence-electron chi connectivity index (χ4n) is 4.25. The first kappa shape index (κ1) is 22.8. The third-order valence-electron chi connectivity index (χ3n) is 6.04. The van der Waals surface area contributed by atoms with E-state index in [2.05, 4.69) is 5.32 Å². The molecule has 0 bridgehead atoms. The number of rotatable bonds is 5. The van der Waals surface area contributed by atoms with E-state index in [4.69, 9.17) is 16.3 Å². The van der Waals surface area contributed by atoms with Gasteiger partial charge in [0.25, 0.3) is 11.8 Å². The summed E-state index contributed by atoms with van der Waals surface area (Å²) in [5.74, 6) is -0.528. The minimum atomic E-state index is -1.57. The van der Waals surface area contributed by atoms with Gasteiger partial charge in [-0.25, -0.2) is 4.21 Å². The maximum atomic E-state index is 13.6. The molecule has 1 N–H and O–H groups in total. The Kier molecular flexibility index (Phi) is 6.50. The Morgan fingerprint density at radius 2 is 1.88 bits per heavy atom. The average Bonchev–Trinajstić information content (AvgIpc) is 3.37. The lowest BCUT2D eigenvalue weighted by Gasteiger charge is -2.24. The summed E-state index contributed by atoms with van der Waals surface area (Å²) in [5.41, 5.74) is 2.10. The molecule has 2 amide bonds. The second kappa shape index (κ2) is 9.70. The van der Waals surface area contributed by atoms with E-state index < -0.39 is 10.8 Å². The van der Waals surface area contributed by atoms with Crippen LogP contribution in [0.5, 0.6) is 0 Å². The van der Waals surface area contributed by atoms with E-state index in [1.54, 1.807) is 59.5 Å². The molecule has 0 unspecified atom stereocenters. The van der Waals surface area contributed by atoms with Gasteiger partial charge in [0.15, 0.2) is 0 Å². The highest BCUT2D eigenvalue weighted by atomic mass is 35.5. The molecule has 1 saturated heterocycles. The minimum absolute atomic E-state index is 0.0229. The second-order valence-corrected chi connectivity index (χ2v) is 10.2. The van der Waals surface area contributed by atoms with Crippen LogP contribution in [-0.4, -0.2) is 35.3 Å². The normalized spacial score (nSPS) is 19.3. The topological polar surface area (TPSA) is 75.7 Å². The van der Waals surface area contributed by atoms with Crippen LogP contribution in [-0.2, 0) is 22.1 Å². The molecule has 0 spiro atoms. The number of carbonyl (C=O) groups excluding carboxylic acids is 2. The van der Waals surface area contributed by atoms with Crippen molar-refractivity contribution in [3.05, 3.63) is 88.4 Å². The van der Waals surface area contributed by atoms with Gasteiger partial charge >= 0.3 is 0 Å². The molecule has 0 aromatic heterocycles. The zero-order chi connectivity index (χ0) is 23.7. The van der Waals surface area contributed by atoms with Gasteiger partial charge in [0.05, 0.1) is 44.5 Å². The van der Waals surface area contributed by atoms with Crippen LogP contribution in [0.25, 0.3) is 0 Å². The number of benzene rings is 3. The lowest BCUT2D eigenvalue weighted by atomic mass is 10.1. The van der Waals surface area contributed by atoms with Gasteiger partial charge in [0.2, 0.25) is 0 Å². The Hall–Kier alpha value is -3.00. The van der Waals surface area contributed by atoms with Crippen molar-refractivity contribution in [2.24, 2.45) is 0 Å². The standard InChI is InChI=1S/C26H23ClN2O4S/c27-19-10-7-17(8-11-19)16-29-22-14-18(25(30)28-15-20-4-3-13-33-20)9-12-24(22)34(32)23-6-2-1-5-21(23)26(29)31/h1-2,5-12,14,20H,3-4,13,15-16H2,(H,28,30)/t20-,34-/m0/s1. The number of ether oxygens (including phenoxy) is 1. The van der Waals surface area contributed by atoms with Crippen molar-refractivity contribution in [1.29, 1.82) is 0 Å².